The Hall–Kier alpha value is -0.180. The van der Waals surface area contributed by atoms with Gasteiger partial charge in [-0.2, -0.15) is 0 Å². The molecule has 0 aliphatic heterocycles. The van der Waals surface area contributed by atoms with Crippen molar-refractivity contribution in [2.75, 3.05) is 5.32 Å². The van der Waals surface area contributed by atoms with Crippen molar-refractivity contribution in [2.45, 2.75) is 45.6 Å². The SMILES string of the molecule is CCC(CC)(CC)Nc1nc(Cl)c(Cl)cc1Cl. The van der Waals surface area contributed by atoms with E-state index in [4.69, 9.17) is 34.8 Å². The summed E-state index contributed by atoms with van der Waals surface area (Å²) >= 11 is 17.9. The van der Waals surface area contributed by atoms with Crippen molar-refractivity contribution in [3.05, 3.63) is 21.3 Å². The molecule has 1 N–H and O–H groups in total. The minimum Gasteiger partial charge on any atom is -0.363 e. The third-order valence-electron chi connectivity index (χ3n) is 3.30. The van der Waals surface area contributed by atoms with Crippen molar-refractivity contribution < 1.29 is 0 Å². The second-order valence-corrected chi connectivity index (χ2v) is 5.23. The average molecular weight is 296 g/mol. The van der Waals surface area contributed by atoms with Crippen molar-refractivity contribution in [1.82, 2.24) is 4.98 Å². The van der Waals surface area contributed by atoms with E-state index in [2.05, 4.69) is 31.1 Å². The fraction of sp³-hybridized carbons (Fsp3) is 0.583. The molecule has 17 heavy (non-hydrogen) atoms. The molecular weight excluding hydrogens is 279 g/mol. The third kappa shape index (κ3) is 3.40. The lowest BCUT2D eigenvalue weighted by Crippen LogP contribution is -2.36. The van der Waals surface area contributed by atoms with Crippen LogP contribution in [-0.4, -0.2) is 10.5 Å². The van der Waals surface area contributed by atoms with Crippen LogP contribution >= 0.6 is 34.8 Å². The van der Waals surface area contributed by atoms with E-state index in [1.807, 2.05) is 0 Å². The number of rotatable bonds is 5. The van der Waals surface area contributed by atoms with Gasteiger partial charge in [0.05, 0.1) is 10.0 Å². The number of hydrogen-bond donors (Lipinski definition) is 1. The van der Waals surface area contributed by atoms with Gasteiger partial charge in [-0.3, -0.25) is 0 Å². The Kier molecular flexibility index (Phi) is 5.36. The Morgan fingerprint density at radius 2 is 1.59 bits per heavy atom. The van der Waals surface area contributed by atoms with Gasteiger partial charge in [0.2, 0.25) is 0 Å². The van der Waals surface area contributed by atoms with Crippen molar-refractivity contribution >= 4 is 40.6 Å². The number of anilines is 1. The van der Waals surface area contributed by atoms with Gasteiger partial charge in [-0.05, 0) is 25.3 Å². The Labute approximate surface area is 118 Å². The summed E-state index contributed by atoms with van der Waals surface area (Å²) in [4.78, 5) is 4.19. The van der Waals surface area contributed by atoms with E-state index in [-0.39, 0.29) is 10.7 Å². The molecule has 0 spiro atoms. The number of nitrogens with one attached hydrogen (secondary N) is 1. The molecule has 1 rings (SSSR count). The van der Waals surface area contributed by atoms with Gasteiger partial charge in [0, 0.05) is 5.54 Å². The first-order valence-corrected chi connectivity index (χ1v) is 6.91. The summed E-state index contributed by atoms with van der Waals surface area (Å²) < 4.78 is 0. The predicted octanol–water partition coefficient (Wildman–Crippen LogP) is 5.42. The molecule has 0 aromatic carbocycles. The Morgan fingerprint density at radius 3 is 2.06 bits per heavy atom. The van der Waals surface area contributed by atoms with Crippen LogP contribution < -0.4 is 5.32 Å². The lowest BCUT2D eigenvalue weighted by molar-refractivity contribution is 0.419. The van der Waals surface area contributed by atoms with E-state index in [0.29, 0.717) is 15.9 Å². The van der Waals surface area contributed by atoms with Gasteiger partial charge in [0.1, 0.15) is 11.0 Å². The zero-order valence-corrected chi connectivity index (χ0v) is 12.5. The second kappa shape index (κ2) is 6.12. The summed E-state index contributed by atoms with van der Waals surface area (Å²) in [6, 6.07) is 1.62. The number of halogens is 3. The molecule has 0 aliphatic carbocycles. The lowest BCUT2D eigenvalue weighted by atomic mass is 9.90. The van der Waals surface area contributed by atoms with Crippen molar-refractivity contribution in [1.29, 1.82) is 0 Å². The average Bonchev–Trinajstić information content (AvgIpc) is 2.33. The third-order valence-corrected chi connectivity index (χ3v) is 4.26. The van der Waals surface area contributed by atoms with E-state index in [1.165, 1.54) is 0 Å². The van der Waals surface area contributed by atoms with Crippen LogP contribution in [-0.2, 0) is 0 Å². The maximum atomic E-state index is 6.11. The standard InChI is InChI=1S/C12H17Cl3N2/c1-4-12(5-2,6-3)17-11-9(14)7-8(13)10(15)16-11/h7H,4-6H2,1-3H3,(H,16,17). The second-order valence-electron chi connectivity index (χ2n) is 4.06. The summed E-state index contributed by atoms with van der Waals surface area (Å²) in [6.45, 7) is 6.43. The monoisotopic (exact) mass is 294 g/mol. The highest BCUT2D eigenvalue weighted by molar-refractivity contribution is 6.42. The maximum Gasteiger partial charge on any atom is 0.150 e. The van der Waals surface area contributed by atoms with Gasteiger partial charge in [-0.25, -0.2) is 4.98 Å². The summed E-state index contributed by atoms with van der Waals surface area (Å²) in [7, 11) is 0. The minimum absolute atomic E-state index is 0.00774. The van der Waals surface area contributed by atoms with E-state index < -0.39 is 0 Å². The molecule has 0 atom stereocenters. The van der Waals surface area contributed by atoms with Gasteiger partial charge in [0.25, 0.3) is 0 Å². The molecule has 1 aromatic rings. The van der Waals surface area contributed by atoms with Crippen molar-refractivity contribution in [3.63, 3.8) is 0 Å². The van der Waals surface area contributed by atoms with Crippen molar-refractivity contribution in [2.24, 2.45) is 0 Å². The molecule has 0 amide bonds. The molecule has 0 bridgehead atoms. The Balaban J connectivity index is 3.05. The van der Waals surface area contributed by atoms with Gasteiger partial charge in [-0.15, -0.1) is 0 Å². The number of pyridine rings is 1. The van der Waals surface area contributed by atoms with Crippen LogP contribution in [0, 0.1) is 0 Å². The van der Waals surface area contributed by atoms with Crippen LogP contribution in [0.3, 0.4) is 0 Å². The fourth-order valence-electron chi connectivity index (χ4n) is 1.80. The smallest absolute Gasteiger partial charge is 0.150 e. The maximum absolute atomic E-state index is 6.11. The van der Waals surface area contributed by atoms with Crippen LogP contribution in [0.4, 0.5) is 5.82 Å². The molecule has 0 aliphatic rings. The molecule has 0 saturated heterocycles. The molecule has 0 unspecified atom stereocenters. The summed E-state index contributed by atoms with van der Waals surface area (Å²) in [5, 5.41) is 4.54. The normalized spacial score (nSPS) is 11.6. The number of aromatic nitrogens is 1. The van der Waals surface area contributed by atoms with Gasteiger partial charge < -0.3 is 5.32 Å². The van der Waals surface area contributed by atoms with E-state index in [0.717, 1.165) is 19.3 Å². The largest absolute Gasteiger partial charge is 0.363 e. The highest BCUT2D eigenvalue weighted by Crippen LogP contribution is 2.33. The summed E-state index contributed by atoms with van der Waals surface area (Å²) in [6.07, 6.45) is 2.99. The molecule has 1 aromatic heterocycles. The van der Waals surface area contributed by atoms with Crippen LogP contribution in [0.15, 0.2) is 6.07 Å². The zero-order valence-electron chi connectivity index (χ0n) is 10.3. The fourth-order valence-corrected chi connectivity index (χ4v) is 2.34. The Morgan fingerprint density at radius 1 is 1.06 bits per heavy atom. The lowest BCUT2D eigenvalue weighted by Gasteiger charge is -2.32. The first kappa shape index (κ1) is 14.9. The van der Waals surface area contributed by atoms with Gasteiger partial charge in [0.15, 0.2) is 0 Å². The number of hydrogen-bond acceptors (Lipinski definition) is 2. The van der Waals surface area contributed by atoms with Gasteiger partial charge in [-0.1, -0.05) is 55.6 Å². The van der Waals surface area contributed by atoms with E-state index in [1.54, 1.807) is 6.07 Å². The van der Waals surface area contributed by atoms with Crippen LogP contribution in [0.5, 0.6) is 0 Å². The first-order chi connectivity index (χ1) is 7.98. The molecule has 0 radical (unpaired) electrons. The quantitative estimate of drug-likeness (QED) is 0.733. The van der Waals surface area contributed by atoms with Crippen LogP contribution in [0.1, 0.15) is 40.0 Å². The number of nitrogens with zero attached hydrogens (tertiary/aromatic N) is 1. The summed E-state index contributed by atoms with van der Waals surface area (Å²) in [5.74, 6) is 0.603. The van der Waals surface area contributed by atoms with E-state index in [9.17, 15) is 0 Å². The molecule has 96 valence electrons. The molecule has 0 fully saturated rings. The minimum atomic E-state index is 0.00774. The van der Waals surface area contributed by atoms with E-state index >= 15 is 0 Å². The van der Waals surface area contributed by atoms with Crippen LogP contribution in [0.2, 0.25) is 15.2 Å². The molecule has 5 heteroatoms. The first-order valence-electron chi connectivity index (χ1n) is 5.77. The van der Waals surface area contributed by atoms with Gasteiger partial charge >= 0.3 is 0 Å². The zero-order chi connectivity index (χ0) is 13.1. The predicted molar refractivity (Wildman–Crippen MR) is 76.5 cm³/mol. The van der Waals surface area contributed by atoms with Crippen molar-refractivity contribution in [3.8, 4) is 0 Å². The molecule has 0 saturated carbocycles. The molecular formula is C12H17Cl3N2. The molecule has 2 nitrogen and oxygen atoms in total. The topological polar surface area (TPSA) is 24.9 Å². The van der Waals surface area contributed by atoms with Crippen LogP contribution in [0.25, 0.3) is 0 Å². The highest BCUT2D eigenvalue weighted by Gasteiger charge is 2.25. The summed E-state index contributed by atoms with van der Waals surface area (Å²) in [5.41, 5.74) is 0.00774. The Bertz CT molecular complexity index is 381. The highest BCUT2D eigenvalue weighted by atomic mass is 35.5. The molecule has 1 heterocycles.